The number of rotatable bonds is 3. The fraction of sp³-hybridized carbons (Fsp3) is 0.647. The summed E-state index contributed by atoms with van der Waals surface area (Å²) in [4.78, 5) is 0. The van der Waals surface area contributed by atoms with E-state index in [9.17, 15) is 0 Å². The van der Waals surface area contributed by atoms with Crippen LogP contribution in [0.1, 0.15) is 61.8 Å². The van der Waals surface area contributed by atoms with Gasteiger partial charge in [0.15, 0.2) is 0 Å². The number of aryl methyl sites for hydroxylation is 2. The van der Waals surface area contributed by atoms with Gasteiger partial charge in [-0.1, -0.05) is 61.9 Å². The normalized spacial score (nSPS) is 26.0. The molecule has 0 aromatic heterocycles. The molecule has 0 bridgehead atoms. The van der Waals surface area contributed by atoms with Gasteiger partial charge in [-0.15, -0.1) is 0 Å². The maximum absolute atomic E-state index is 6.57. The van der Waals surface area contributed by atoms with Gasteiger partial charge in [-0.25, -0.2) is 0 Å². The molecule has 1 nitrogen and oxygen atoms in total. The fourth-order valence-corrected chi connectivity index (χ4v) is 3.67. The van der Waals surface area contributed by atoms with Crippen LogP contribution in [0, 0.1) is 25.7 Å². The Kier molecular flexibility index (Phi) is 4.45. The van der Waals surface area contributed by atoms with Crippen LogP contribution < -0.4 is 5.73 Å². The molecule has 3 unspecified atom stereocenters. The van der Waals surface area contributed by atoms with Crippen molar-refractivity contribution in [3.8, 4) is 0 Å². The van der Waals surface area contributed by atoms with E-state index >= 15 is 0 Å². The molecule has 0 spiro atoms. The predicted octanol–water partition coefficient (Wildman–Crippen LogP) is 4.52. The molecule has 2 rings (SSSR count). The van der Waals surface area contributed by atoms with Gasteiger partial charge in [0.2, 0.25) is 0 Å². The zero-order valence-electron chi connectivity index (χ0n) is 12.1. The second-order valence-electron chi connectivity index (χ2n) is 6.06. The summed E-state index contributed by atoms with van der Waals surface area (Å²) in [6.45, 7) is 6.65. The van der Waals surface area contributed by atoms with Gasteiger partial charge in [0, 0.05) is 6.04 Å². The number of benzene rings is 1. The Labute approximate surface area is 112 Å². The Bertz CT molecular complexity index is 376. The first-order valence-corrected chi connectivity index (χ1v) is 7.45. The first-order chi connectivity index (χ1) is 8.61. The average Bonchev–Trinajstić information content (AvgIpc) is 2.36. The van der Waals surface area contributed by atoms with E-state index in [1.54, 1.807) is 0 Å². The van der Waals surface area contributed by atoms with E-state index in [1.165, 1.54) is 48.8 Å². The van der Waals surface area contributed by atoms with Crippen molar-refractivity contribution in [1.82, 2.24) is 0 Å². The third-order valence-corrected chi connectivity index (χ3v) is 4.58. The molecule has 1 saturated carbocycles. The standard InChI is InChI=1S/C17H27N/c1-4-14-7-5-6-8-16(14)17(18)15-10-12(2)9-13(3)11-15/h9-11,14,16-17H,4-8,18H2,1-3H3. The topological polar surface area (TPSA) is 26.0 Å². The summed E-state index contributed by atoms with van der Waals surface area (Å²) in [6.07, 6.45) is 6.73. The lowest BCUT2D eigenvalue weighted by atomic mass is 9.72. The van der Waals surface area contributed by atoms with Crippen molar-refractivity contribution < 1.29 is 0 Å². The highest BCUT2D eigenvalue weighted by molar-refractivity contribution is 5.31. The largest absolute Gasteiger partial charge is 0.324 e. The van der Waals surface area contributed by atoms with E-state index in [0.717, 1.165) is 5.92 Å². The first kappa shape index (κ1) is 13.6. The van der Waals surface area contributed by atoms with E-state index in [1.807, 2.05) is 0 Å². The van der Waals surface area contributed by atoms with Crippen molar-refractivity contribution in [2.24, 2.45) is 17.6 Å². The SMILES string of the molecule is CCC1CCCCC1C(N)c1cc(C)cc(C)c1. The van der Waals surface area contributed by atoms with Gasteiger partial charge < -0.3 is 5.73 Å². The van der Waals surface area contributed by atoms with Crippen LogP contribution in [-0.2, 0) is 0 Å². The number of hydrogen-bond donors (Lipinski definition) is 1. The van der Waals surface area contributed by atoms with E-state index in [-0.39, 0.29) is 6.04 Å². The second-order valence-corrected chi connectivity index (χ2v) is 6.06. The Morgan fingerprint density at radius 2 is 1.72 bits per heavy atom. The molecule has 1 aromatic carbocycles. The number of nitrogens with two attached hydrogens (primary N) is 1. The van der Waals surface area contributed by atoms with Crippen LogP contribution in [0.15, 0.2) is 18.2 Å². The molecule has 1 fully saturated rings. The molecule has 1 aromatic rings. The van der Waals surface area contributed by atoms with Gasteiger partial charge in [-0.3, -0.25) is 0 Å². The molecule has 0 aliphatic heterocycles. The molecular formula is C17H27N. The highest BCUT2D eigenvalue weighted by atomic mass is 14.7. The van der Waals surface area contributed by atoms with Crippen LogP contribution in [0.5, 0.6) is 0 Å². The maximum Gasteiger partial charge on any atom is 0.0326 e. The van der Waals surface area contributed by atoms with Crippen molar-refractivity contribution >= 4 is 0 Å². The van der Waals surface area contributed by atoms with Gasteiger partial charge in [-0.2, -0.15) is 0 Å². The van der Waals surface area contributed by atoms with Gasteiger partial charge in [0.05, 0.1) is 0 Å². The first-order valence-electron chi connectivity index (χ1n) is 7.45. The Morgan fingerprint density at radius 3 is 2.33 bits per heavy atom. The van der Waals surface area contributed by atoms with Crippen LogP contribution in [-0.4, -0.2) is 0 Å². The van der Waals surface area contributed by atoms with Crippen LogP contribution in [0.4, 0.5) is 0 Å². The summed E-state index contributed by atoms with van der Waals surface area (Å²) in [7, 11) is 0. The Hall–Kier alpha value is -0.820. The quantitative estimate of drug-likeness (QED) is 0.832. The highest BCUT2D eigenvalue weighted by Gasteiger charge is 2.29. The third-order valence-electron chi connectivity index (χ3n) is 4.58. The molecule has 1 heteroatoms. The van der Waals surface area contributed by atoms with Crippen molar-refractivity contribution in [2.75, 3.05) is 0 Å². The molecule has 18 heavy (non-hydrogen) atoms. The Morgan fingerprint density at radius 1 is 1.11 bits per heavy atom. The molecule has 2 N–H and O–H groups in total. The molecular weight excluding hydrogens is 218 g/mol. The third kappa shape index (κ3) is 2.95. The lowest BCUT2D eigenvalue weighted by Crippen LogP contribution is -2.30. The van der Waals surface area contributed by atoms with Crippen molar-refractivity contribution in [3.63, 3.8) is 0 Å². The van der Waals surface area contributed by atoms with Crippen molar-refractivity contribution in [2.45, 2.75) is 58.9 Å². The van der Waals surface area contributed by atoms with E-state index in [0.29, 0.717) is 5.92 Å². The van der Waals surface area contributed by atoms with Gasteiger partial charge in [0.1, 0.15) is 0 Å². The average molecular weight is 245 g/mol. The fourth-order valence-electron chi connectivity index (χ4n) is 3.67. The summed E-state index contributed by atoms with van der Waals surface area (Å²) in [5, 5.41) is 0. The van der Waals surface area contributed by atoms with Crippen LogP contribution in [0.3, 0.4) is 0 Å². The van der Waals surface area contributed by atoms with E-state index in [2.05, 4.69) is 39.0 Å². The summed E-state index contributed by atoms with van der Waals surface area (Å²) >= 11 is 0. The van der Waals surface area contributed by atoms with Crippen LogP contribution in [0.2, 0.25) is 0 Å². The second kappa shape index (κ2) is 5.88. The minimum Gasteiger partial charge on any atom is -0.324 e. The van der Waals surface area contributed by atoms with Crippen molar-refractivity contribution in [1.29, 1.82) is 0 Å². The molecule has 0 amide bonds. The predicted molar refractivity (Wildman–Crippen MR) is 78.6 cm³/mol. The smallest absolute Gasteiger partial charge is 0.0326 e. The zero-order chi connectivity index (χ0) is 13.1. The van der Waals surface area contributed by atoms with Crippen LogP contribution in [0.25, 0.3) is 0 Å². The summed E-state index contributed by atoms with van der Waals surface area (Å²) in [5.41, 5.74) is 10.6. The van der Waals surface area contributed by atoms with Gasteiger partial charge in [-0.05, 0) is 37.7 Å². The molecule has 100 valence electrons. The van der Waals surface area contributed by atoms with Gasteiger partial charge in [0.25, 0.3) is 0 Å². The zero-order valence-corrected chi connectivity index (χ0v) is 12.1. The van der Waals surface area contributed by atoms with E-state index < -0.39 is 0 Å². The number of hydrogen-bond acceptors (Lipinski definition) is 1. The lowest BCUT2D eigenvalue weighted by molar-refractivity contribution is 0.196. The van der Waals surface area contributed by atoms with E-state index in [4.69, 9.17) is 5.73 Å². The summed E-state index contributed by atoms with van der Waals surface area (Å²) < 4.78 is 0. The maximum atomic E-state index is 6.57. The van der Waals surface area contributed by atoms with Crippen LogP contribution >= 0.6 is 0 Å². The molecule has 0 radical (unpaired) electrons. The highest BCUT2D eigenvalue weighted by Crippen LogP contribution is 2.39. The molecule has 1 aliphatic carbocycles. The minimum absolute atomic E-state index is 0.230. The molecule has 0 saturated heterocycles. The minimum atomic E-state index is 0.230. The van der Waals surface area contributed by atoms with Crippen molar-refractivity contribution in [3.05, 3.63) is 34.9 Å². The monoisotopic (exact) mass is 245 g/mol. The summed E-state index contributed by atoms with van der Waals surface area (Å²) in [5.74, 6) is 1.51. The molecule has 0 heterocycles. The summed E-state index contributed by atoms with van der Waals surface area (Å²) in [6, 6.07) is 7.01. The lowest BCUT2D eigenvalue weighted by Gasteiger charge is -2.35. The molecule has 1 aliphatic rings. The van der Waals surface area contributed by atoms with Gasteiger partial charge >= 0.3 is 0 Å². The molecule has 3 atom stereocenters. The Balaban J connectivity index is 2.20.